The molecule has 4 heteroatoms. The third-order valence-electron chi connectivity index (χ3n) is 3.96. The van der Waals surface area contributed by atoms with Gasteiger partial charge in [0.1, 0.15) is 5.01 Å². The maximum absolute atomic E-state index is 6.29. The van der Waals surface area contributed by atoms with Gasteiger partial charge in [0.05, 0.1) is 15.2 Å². The van der Waals surface area contributed by atoms with E-state index in [0.29, 0.717) is 0 Å². The zero-order valence-corrected chi connectivity index (χ0v) is 13.0. The van der Waals surface area contributed by atoms with Crippen LogP contribution in [0.25, 0.3) is 20.8 Å². The number of aromatic nitrogens is 1. The van der Waals surface area contributed by atoms with E-state index in [1.165, 1.54) is 45.5 Å². The third-order valence-corrected chi connectivity index (χ3v) is 6.13. The lowest BCUT2D eigenvalue weighted by molar-refractivity contribution is 0.698. The summed E-state index contributed by atoms with van der Waals surface area (Å²) in [7, 11) is 0. The molecule has 0 aliphatic heterocycles. The zero-order chi connectivity index (χ0) is 13.7. The van der Waals surface area contributed by atoms with Gasteiger partial charge >= 0.3 is 0 Å². The van der Waals surface area contributed by atoms with E-state index in [2.05, 4.69) is 25.1 Å². The fourth-order valence-electron chi connectivity index (χ4n) is 2.97. The minimum atomic E-state index is 0.952. The lowest BCUT2D eigenvalue weighted by Crippen LogP contribution is -1.99. The minimum absolute atomic E-state index is 0.952. The number of aryl methyl sites for hydroxylation is 2. The summed E-state index contributed by atoms with van der Waals surface area (Å²) < 4.78 is 1.25. The SMILES string of the molecule is Cc1ccc2sc(-c3c(N)sc4c3CCCC4)nc2c1. The number of anilines is 1. The number of benzene rings is 1. The predicted octanol–water partition coefficient (Wildman–Crippen LogP) is 4.79. The van der Waals surface area contributed by atoms with Gasteiger partial charge in [-0.15, -0.1) is 22.7 Å². The Morgan fingerprint density at radius 2 is 2.00 bits per heavy atom. The van der Waals surface area contributed by atoms with E-state index in [1.54, 1.807) is 22.7 Å². The first-order chi connectivity index (χ1) is 9.72. The van der Waals surface area contributed by atoms with Crippen LogP contribution in [0.3, 0.4) is 0 Å². The number of hydrogen-bond acceptors (Lipinski definition) is 4. The van der Waals surface area contributed by atoms with Crippen LogP contribution in [-0.4, -0.2) is 4.98 Å². The van der Waals surface area contributed by atoms with Gasteiger partial charge in [-0.25, -0.2) is 4.98 Å². The first-order valence-electron chi connectivity index (χ1n) is 7.00. The molecule has 0 spiro atoms. The Morgan fingerprint density at radius 3 is 2.90 bits per heavy atom. The molecule has 2 aromatic heterocycles. The molecule has 1 aliphatic rings. The molecule has 0 saturated heterocycles. The molecule has 20 heavy (non-hydrogen) atoms. The quantitative estimate of drug-likeness (QED) is 0.701. The number of nitrogens with zero attached hydrogens (tertiary/aromatic N) is 1. The molecule has 4 rings (SSSR count). The fourth-order valence-corrected chi connectivity index (χ4v) is 5.22. The Hall–Kier alpha value is -1.39. The van der Waals surface area contributed by atoms with E-state index in [4.69, 9.17) is 10.7 Å². The van der Waals surface area contributed by atoms with E-state index in [-0.39, 0.29) is 0 Å². The average molecular weight is 300 g/mol. The molecule has 0 amide bonds. The van der Waals surface area contributed by atoms with Crippen molar-refractivity contribution in [2.45, 2.75) is 32.6 Å². The number of nitrogen functional groups attached to an aromatic ring is 1. The van der Waals surface area contributed by atoms with E-state index in [0.717, 1.165) is 21.9 Å². The maximum atomic E-state index is 6.29. The van der Waals surface area contributed by atoms with Crippen LogP contribution in [0.5, 0.6) is 0 Å². The minimum Gasteiger partial charge on any atom is -0.390 e. The standard InChI is InChI=1S/C16H16N2S2/c1-9-6-7-13-11(8-9)18-16(20-13)14-10-4-2-3-5-12(10)19-15(14)17/h6-8H,2-5,17H2,1H3. The van der Waals surface area contributed by atoms with Crippen LogP contribution in [0, 0.1) is 6.92 Å². The van der Waals surface area contributed by atoms with Gasteiger partial charge in [-0.05, 0) is 55.9 Å². The smallest absolute Gasteiger partial charge is 0.127 e. The molecule has 0 unspecified atom stereocenters. The van der Waals surface area contributed by atoms with Crippen molar-refractivity contribution in [1.82, 2.24) is 4.98 Å². The highest BCUT2D eigenvalue weighted by Crippen LogP contribution is 2.44. The second-order valence-corrected chi connectivity index (χ2v) is 7.61. The lowest BCUT2D eigenvalue weighted by atomic mass is 9.96. The van der Waals surface area contributed by atoms with Crippen molar-refractivity contribution in [3.63, 3.8) is 0 Å². The van der Waals surface area contributed by atoms with E-state index < -0.39 is 0 Å². The van der Waals surface area contributed by atoms with Gasteiger partial charge < -0.3 is 5.73 Å². The van der Waals surface area contributed by atoms with Crippen molar-refractivity contribution < 1.29 is 0 Å². The molecule has 1 aliphatic carbocycles. The van der Waals surface area contributed by atoms with Crippen molar-refractivity contribution in [1.29, 1.82) is 0 Å². The molecule has 102 valence electrons. The number of nitrogens with two attached hydrogens (primary N) is 1. The number of thiazole rings is 1. The molecule has 0 atom stereocenters. The van der Waals surface area contributed by atoms with Crippen LogP contribution in [0.2, 0.25) is 0 Å². The van der Waals surface area contributed by atoms with Gasteiger partial charge in [0.25, 0.3) is 0 Å². The Balaban J connectivity index is 1.92. The summed E-state index contributed by atoms with van der Waals surface area (Å²) in [5, 5.41) is 2.05. The van der Waals surface area contributed by atoms with Gasteiger partial charge in [0, 0.05) is 10.4 Å². The Kier molecular flexibility index (Phi) is 2.82. The molecule has 0 fully saturated rings. The largest absolute Gasteiger partial charge is 0.390 e. The highest BCUT2D eigenvalue weighted by atomic mass is 32.1. The fraction of sp³-hybridized carbons (Fsp3) is 0.312. The van der Waals surface area contributed by atoms with Gasteiger partial charge in [-0.3, -0.25) is 0 Å². The van der Waals surface area contributed by atoms with Crippen molar-refractivity contribution >= 4 is 37.9 Å². The highest BCUT2D eigenvalue weighted by Gasteiger charge is 2.22. The van der Waals surface area contributed by atoms with E-state index in [1.807, 2.05) is 0 Å². The molecular formula is C16H16N2S2. The lowest BCUT2D eigenvalue weighted by Gasteiger charge is -2.11. The highest BCUT2D eigenvalue weighted by molar-refractivity contribution is 7.22. The van der Waals surface area contributed by atoms with E-state index in [9.17, 15) is 0 Å². The molecule has 2 heterocycles. The van der Waals surface area contributed by atoms with Crippen LogP contribution in [0.4, 0.5) is 5.00 Å². The van der Waals surface area contributed by atoms with Crippen LogP contribution < -0.4 is 5.73 Å². The zero-order valence-electron chi connectivity index (χ0n) is 11.4. The van der Waals surface area contributed by atoms with E-state index >= 15 is 0 Å². The number of hydrogen-bond donors (Lipinski definition) is 1. The van der Waals surface area contributed by atoms with Crippen LogP contribution >= 0.6 is 22.7 Å². The van der Waals surface area contributed by atoms with Crippen molar-refractivity contribution in [2.24, 2.45) is 0 Å². The van der Waals surface area contributed by atoms with Crippen LogP contribution in [0.15, 0.2) is 18.2 Å². The average Bonchev–Trinajstić information content (AvgIpc) is 2.97. The Morgan fingerprint density at radius 1 is 1.15 bits per heavy atom. The Bertz CT molecular complexity index is 798. The Labute approximate surface area is 126 Å². The summed E-state index contributed by atoms with van der Waals surface area (Å²) >= 11 is 3.54. The summed E-state index contributed by atoms with van der Waals surface area (Å²) in [4.78, 5) is 6.32. The molecule has 0 radical (unpaired) electrons. The molecule has 1 aromatic carbocycles. The summed E-state index contributed by atoms with van der Waals surface area (Å²) in [5.74, 6) is 0. The number of rotatable bonds is 1. The molecular weight excluding hydrogens is 284 g/mol. The molecule has 0 bridgehead atoms. The molecule has 3 aromatic rings. The third kappa shape index (κ3) is 1.86. The first kappa shape index (κ1) is 12.4. The van der Waals surface area contributed by atoms with Crippen molar-refractivity contribution in [3.8, 4) is 10.6 Å². The van der Waals surface area contributed by atoms with Gasteiger partial charge in [-0.1, -0.05) is 6.07 Å². The first-order valence-corrected chi connectivity index (χ1v) is 8.63. The van der Waals surface area contributed by atoms with Gasteiger partial charge in [0.2, 0.25) is 0 Å². The summed E-state index contributed by atoms with van der Waals surface area (Å²) in [6.07, 6.45) is 4.92. The second-order valence-electron chi connectivity index (χ2n) is 5.44. The van der Waals surface area contributed by atoms with Crippen LogP contribution in [-0.2, 0) is 12.8 Å². The van der Waals surface area contributed by atoms with Gasteiger partial charge in [-0.2, -0.15) is 0 Å². The van der Waals surface area contributed by atoms with Crippen molar-refractivity contribution in [3.05, 3.63) is 34.2 Å². The summed E-state index contributed by atoms with van der Waals surface area (Å²) in [6, 6.07) is 6.47. The maximum Gasteiger partial charge on any atom is 0.127 e. The predicted molar refractivity (Wildman–Crippen MR) is 88.7 cm³/mol. The summed E-state index contributed by atoms with van der Waals surface area (Å²) in [6.45, 7) is 2.11. The normalized spacial score (nSPS) is 14.7. The van der Waals surface area contributed by atoms with Gasteiger partial charge in [0.15, 0.2) is 0 Å². The number of fused-ring (bicyclic) bond motifs is 2. The monoisotopic (exact) mass is 300 g/mol. The molecule has 2 nitrogen and oxygen atoms in total. The molecule has 0 saturated carbocycles. The number of thiophene rings is 1. The van der Waals surface area contributed by atoms with Crippen molar-refractivity contribution in [2.75, 3.05) is 5.73 Å². The summed E-state index contributed by atoms with van der Waals surface area (Å²) in [5.41, 5.74) is 11.3. The van der Waals surface area contributed by atoms with Crippen LogP contribution in [0.1, 0.15) is 28.8 Å². The molecule has 2 N–H and O–H groups in total. The second kappa shape index (κ2) is 4.57. The topological polar surface area (TPSA) is 38.9 Å².